The molecule has 1 aromatic rings. The van der Waals surface area contributed by atoms with Crippen LogP contribution in [0, 0.1) is 5.82 Å². The lowest BCUT2D eigenvalue weighted by atomic mass is 10.0. The van der Waals surface area contributed by atoms with Gasteiger partial charge in [0.05, 0.1) is 12.1 Å². The van der Waals surface area contributed by atoms with Crippen molar-refractivity contribution in [1.82, 2.24) is 10.6 Å². The van der Waals surface area contributed by atoms with Gasteiger partial charge in [0.25, 0.3) is 0 Å². The molecule has 0 spiro atoms. The molecule has 1 aliphatic heterocycles. The second-order valence-corrected chi connectivity index (χ2v) is 7.54. The van der Waals surface area contributed by atoms with Gasteiger partial charge in [-0.2, -0.15) is 0 Å². The van der Waals surface area contributed by atoms with E-state index in [0.29, 0.717) is 6.54 Å². The van der Waals surface area contributed by atoms with E-state index in [2.05, 4.69) is 20.5 Å². The number of hydrogen-bond donors (Lipinski definition) is 3. The Balaban J connectivity index is 0.00000261. The van der Waals surface area contributed by atoms with Crippen molar-refractivity contribution in [2.24, 2.45) is 4.99 Å². The molecule has 152 valence electrons. The number of piperidine rings is 1. The molecule has 1 atom stereocenters. The Morgan fingerprint density at radius 1 is 1.33 bits per heavy atom. The first-order valence-corrected chi connectivity index (χ1v) is 9.86. The highest BCUT2D eigenvalue weighted by Crippen LogP contribution is 2.29. The first kappa shape index (κ1) is 22.2. The summed E-state index contributed by atoms with van der Waals surface area (Å²) < 4.78 is 13.5. The van der Waals surface area contributed by atoms with Crippen LogP contribution in [0.2, 0.25) is 0 Å². The number of guanidine groups is 1. The van der Waals surface area contributed by atoms with Crippen LogP contribution in [0.4, 0.5) is 10.1 Å². The standard InChI is InChI=1S/C20H31FN4O.HI/c1-2-22-19(23-15-20(26)10-3-4-11-20)24-17-8-6-12-25(14-17)18-9-5-7-16(21)13-18;/h5,7,9,13,17,26H,2-4,6,8,10-12,14-15H2,1H3,(H2,22,23,24);1H. The van der Waals surface area contributed by atoms with Crippen LogP contribution in [0.5, 0.6) is 0 Å². The zero-order valence-electron chi connectivity index (χ0n) is 16.1. The molecule has 3 N–H and O–H groups in total. The summed E-state index contributed by atoms with van der Waals surface area (Å²) in [4.78, 5) is 6.86. The molecule has 1 saturated carbocycles. The van der Waals surface area contributed by atoms with Crippen molar-refractivity contribution in [3.63, 3.8) is 0 Å². The molecule has 0 radical (unpaired) electrons. The third kappa shape index (κ3) is 6.48. The van der Waals surface area contributed by atoms with Gasteiger partial charge in [-0.15, -0.1) is 24.0 Å². The number of hydrogen-bond acceptors (Lipinski definition) is 3. The fraction of sp³-hybridized carbons (Fsp3) is 0.650. The molecule has 27 heavy (non-hydrogen) atoms. The zero-order chi connectivity index (χ0) is 18.4. The first-order chi connectivity index (χ1) is 12.6. The summed E-state index contributed by atoms with van der Waals surface area (Å²) in [7, 11) is 0. The lowest BCUT2D eigenvalue weighted by molar-refractivity contribution is 0.0574. The second kappa shape index (κ2) is 10.5. The molecule has 3 rings (SSSR count). The molecule has 0 bridgehead atoms. The molecule has 0 amide bonds. The largest absolute Gasteiger partial charge is 0.388 e. The average Bonchev–Trinajstić information content (AvgIpc) is 3.07. The van der Waals surface area contributed by atoms with E-state index in [-0.39, 0.29) is 35.8 Å². The molecule has 1 unspecified atom stereocenters. The SMILES string of the molecule is CCNC(=NCC1(O)CCCC1)NC1CCCN(c2cccc(F)c2)C1.I. The van der Waals surface area contributed by atoms with E-state index < -0.39 is 5.60 Å². The molecule has 2 fully saturated rings. The predicted octanol–water partition coefficient (Wildman–Crippen LogP) is 3.27. The number of nitrogens with one attached hydrogen (secondary N) is 2. The van der Waals surface area contributed by atoms with Crippen LogP contribution >= 0.6 is 24.0 Å². The van der Waals surface area contributed by atoms with Crippen LogP contribution in [0.25, 0.3) is 0 Å². The quantitative estimate of drug-likeness (QED) is 0.337. The average molecular weight is 490 g/mol. The van der Waals surface area contributed by atoms with Gasteiger partial charge < -0.3 is 20.6 Å². The Labute approximate surface area is 178 Å². The molecule has 1 aliphatic carbocycles. The monoisotopic (exact) mass is 490 g/mol. The number of anilines is 1. The summed E-state index contributed by atoms with van der Waals surface area (Å²) in [6.07, 6.45) is 5.96. The van der Waals surface area contributed by atoms with Gasteiger partial charge in [-0.1, -0.05) is 18.9 Å². The number of aliphatic hydroxyl groups is 1. The Morgan fingerprint density at radius 2 is 2.11 bits per heavy atom. The molecule has 2 aliphatic rings. The van der Waals surface area contributed by atoms with E-state index in [9.17, 15) is 9.50 Å². The maximum absolute atomic E-state index is 13.5. The number of nitrogens with zero attached hydrogens (tertiary/aromatic N) is 2. The highest BCUT2D eigenvalue weighted by atomic mass is 127. The minimum absolute atomic E-state index is 0. The Bertz CT molecular complexity index is 622. The molecular formula is C20H32FIN4O. The van der Waals surface area contributed by atoms with Gasteiger partial charge in [-0.05, 0) is 50.8 Å². The van der Waals surface area contributed by atoms with Gasteiger partial charge in [0.1, 0.15) is 5.82 Å². The van der Waals surface area contributed by atoms with E-state index in [1.807, 2.05) is 13.0 Å². The van der Waals surface area contributed by atoms with E-state index in [0.717, 1.165) is 69.8 Å². The van der Waals surface area contributed by atoms with Crippen molar-refractivity contribution in [1.29, 1.82) is 0 Å². The van der Waals surface area contributed by atoms with Gasteiger partial charge in [-0.25, -0.2) is 4.39 Å². The van der Waals surface area contributed by atoms with Gasteiger partial charge in [0.2, 0.25) is 0 Å². The lowest BCUT2D eigenvalue weighted by Gasteiger charge is -2.35. The smallest absolute Gasteiger partial charge is 0.191 e. The Hall–Kier alpha value is -1.09. The maximum Gasteiger partial charge on any atom is 0.191 e. The number of aliphatic imine (C=N–C) groups is 1. The third-order valence-corrected chi connectivity index (χ3v) is 5.35. The minimum atomic E-state index is -0.636. The second-order valence-electron chi connectivity index (χ2n) is 7.54. The third-order valence-electron chi connectivity index (χ3n) is 5.35. The molecule has 0 aromatic heterocycles. The molecule has 1 aromatic carbocycles. The van der Waals surface area contributed by atoms with E-state index in [1.54, 1.807) is 12.1 Å². The highest BCUT2D eigenvalue weighted by molar-refractivity contribution is 14.0. The van der Waals surface area contributed by atoms with Crippen LogP contribution in [0.1, 0.15) is 45.4 Å². The molecule has 5 nitrogen and oxygen atoms in total. The zero-order valence-corrected chi connectivity index (χ0v) is 18.4. The van der Waals surface area contributed by atoms with Crippen molar-refractivity contribution in [2.45, 2.75) is 57.1 Å². The maximum atomic E-state index is 13.5. The van der Waals surface area contributed by atoms with Gasteiger partial charge in [0.15, 0.2) is 5.96 Å². The lowest BCUT2D eigenvalue weighted by Crippen LogP contribution is -2.51. The van der Waals surface area contributed by atoms with Crippen molar-refractivity contribution >= 4 is 35.6 Å². The topological polar surface area (TPSA) is 59.9 Å². The normalized spacial score (nSPS) is 22.3. The molecule has 7 heteroatoms. The summed E-state index contributed by atoms with van der Waals surface area (Å²) in [6.45, 7) is 5.03. The van der Waals surface area contributed by atoms with E-state index in [1.165, 1.54) is 6.07 Å². The number of rotatable bonds is 5. The van der Waals surface area contributed by atoms with Crippen molar-refractivity contribution < 1.29 is 9.50 Å². The van der Waals surface area contributed by atoms with Crippen LogP contribution in [-0.4, -0.2) is 48.9 Å². The summed E-state index contributed by atoms with van der Waals surface area (Å²) in [5, 5.41) is 17.3. The summed E-state index contributed by atoms with van der Waals surface area (Å²) in [5.74, 6) is 0.566. The highest BCUT2D eigenvalue weighted by Gasteiger charge is 2.31. The van der Waals surface area contributed by atoms with E-state index in [4.69, 9.17) is 0 Å². The number of halogens is 2. The predicted molar refractivity (Wildman–Crippen MR) is 120 cm³/mol. The van der Waals surface area contributed by atoms with Crippen molar-refractivity contribution in [2.75, 3.05) is 31.1 Å². The van der Waals surface area contributed by atoms with Crippen molar-refractivity contribution in [3.05, 3.63) is 30.1 Å². The minimum Gasteiger partial charge on any atom is -0.388 e. The fourth-order valence-corrected chi connectivity index (χ4v) is 3.93. The summed E-state index contributed by atoms with van der Waals surface area (Å²) in [6, 6.07) is 7.04. The van der Waals surface area contributed by atoms with Crippen LogP contribution in [-0.2, 0) is 0 Å². The van der Waals surface area contributed by atoms with E-state index >= 15 is 0 Å². The fourth-order valence-electron chi connectivity index (χ4n) is 3.93. The van der Waals surface area contributed by atoms with Gasteiger partial charge >= 0.3 is 0 Å². The first-order valence-electron chi connectivity index (χ1n) is 9.86. The van der Waals surface area contributed by atoms with Gasteiger partial charge in [-0.3, -0.25) is 4.99 Å². The Morgan fingerprint density at radius 3 is 2.81 bits per heavy atom. The molecule has 1 heterocycles. The van der Waals surface area contributed by atoms with Gasteiger partial charge in [0, 0.05) is 31.4 Å². The number of benzene rings is 1. The van der Waals surface area contributed by atoms with Crippen LogP contribution in [0.3, 0.4) is 0 Å². The van der Waals surface area contributed by atoms with Crippen LogP contribution in [0.15, 0.2) is 29.3 Å². The molecular weight excluding hydrogens is 458 g/mol. The van der Waals surface area contributed by atoms with Crippen LogP contribution < -0.4 is 15.5 Å². The summed E-state index contributed by atoms with van der Waals surface area (Å²) >= 11 is 0. The molecule has 1 saturated heterocycles. The Kier molecular flexibility index (Phi) is 8.60. The summed E-state index contributed by atoms with van der Waals surface area (Å²) in [5.41, 5.74) is 0.293. The van der Waals surface area contributed by atoms with Crippen molar-refractivity contribution in [3.8, 4) is 0 Å².